The lowest BCUT2D eigenvalue weighted by molar-refractivity contribution is 0.0370. The molecule has 2 unspecified atom stereocenters. The van der Waals surface area contributed by atoms with E-state index in [0.29, 0.717) is 12.1 Å². The Labute approximate surface area is 154 Å². The molecule has 6 rings (SSSR count). The Morgan fingerprint density at radius 3 is 3.15 bits per heavy atom. The van der Waals surface area contributed by atoms with Crippen LogP contribution in [0.25, 0.3) is 5.70 Å². The molecule has 0 saturated carbocycles. The van der Waals surface area contributed by atoms with E-state index in [4.69, 9.17) is 4.52 Å². The van der Waals surface area contributed by atoms with Gasteiger partial charge in [0.1, 0.15) is 0 Å². The molecule has 5 heterocycles. The molecule has 5 aliphatic rings. The Balaban J connectivity index is 1.63. The topological polar surface area (TPSA) is 32.5 Å². The van der Waals surface area contributed by atoms with E-state index in [1.54, 1.807) is 23.0 Å². The van der Waals surface area contributed by atoms with Crippen molar-refractivity contribution in [2.45, 2.75) is 51.1 Å². The minimum absolute atomic E-state index is 0.222. The summed E-state index contributed by atoms with van der Waals surface area (Å²) in [6.45, 7) is 4.81. The van der Waals surface area contributed by atoms with Gasteiger partial charge in [-0.3, -0.25) is 4.90 Å². The molecule has 1 aliphatic carbocycles. The maximum atomic E-state index is 5.68. The van der Waals surface area contributed by atoms with Crippen molar-refractivity contribution >= 4 is 5.70 Å². The largest absolute Gasteiger partial charge is 0.355 e. The summed E-state index contributed by atoms with van der Waals surface area (Å²) in [6.07, 6.45) is 17.3. The molecule has 1 aromatic heterocycles. The molecule has 1 saturated heterocycles. The molecule has 1 fully saturated rings. The average molecular weight is 347 g/mol. The fraction of sp³-hybridized carbons (Fsp3) is 0.500. The standard InChI is InChI=1S/C22H25N3O/c1-2-22-10-5-12-24-13-9-16-15-6-3-4-7-17(15)25(20(16)21(22)24)18(14-22)19-8-11-23-26-19/h3-4,6,8,11,14,17,21H,2,5,7,9-10,12-13H2,1H3/t17?,21?,22-/m0/s1. The quantitative estimate of drug-likeness (QED) is 0.806. The molecule has 0 spiro atoms. The van der Waals surface area contributed by atoms with Crippen LogP contribution < -0.4 is 0 Å². The molecular weight excluding hydrogens is 322 g/mol. The predicted molar refractivity (Wildman–Crippen MR) is 101 cm³/mol. The van der Waals surface area contributed by atoms with E-state index in [1.165, 1.54) is 44.5 Å². The van der Waals surface area contributed by atoms with Crippen LogP contribution in [0.4, 0.5) is 0 Å². The zero-order valence-corrected chi connectivity index (χ0v) is 15.3. The van der Waals surface area contributed by atoms with Gasteiger partial charge in [-0.25, -0.2) is 0 Å². The molecule has 4 nitrogen and oxygen atoms in total. The van der Waals surface area contributed by atoms with E-state index in [9.17, 15) is 0 Å². The van der Waals surface area contributed by atoms with Gasteiger partial charge in [0.2, 0.25) is 0 Å². The number of piperidine rings is 1. The van der Waals surface area contributed by atoms with Crippen molar-refractivity contribution in [3.63, 3.8) is 0 Å². The minimum Gasteiger partial charge on any atom is -0.355 e. The summed E-state index contributed by atoms with van der Waals surface area (Å²) >= 11 is 0. The van der Waals surface area contributed by atoms with Gasteiger partial charge in [0, 0.05) is 23.7 Å². The zero-order chi connectivity index (χ0) is 17.3. The van der Waals surface area contributed by atoms with Gasteiger partial charge in [-0.05, 0) is 55.9 Å². The lowest BCUT2D eigenvalue weighted by Gasteiger charge is -2.56. The van der Waals surface area contributed by atoms with Crippen molar-refractivity contribution in [1.29, 1.82) is 0 Å². The van der Waals surface area contributed by atoms with E-state index < -0.39 is 0 Å². The Morgan fingerprint density at radius 2 is 2.31 bits per heavy atom. The lowest BCUT2D eigenvalue weighted by atomic mass is 9.66. The Kier molecular flexibility index (Phi) is 3.02. The second-order valence-corrected chi connectivity index (χ2v) is 8.32. The predicted octanol–water partition coefficient (Wildman–Crippen LogP) is 4.12. The Morgan fingerprint density at radius 1 is 1.35 bits per heavy atom. The lowest BCUT2D eigenvalue weighted by Crippen LogP contribution is -2.58. The smallest absolute Gasteiger partial charge is 0.182 e. The summed E-state index contributed by atoms with van der Waals surface area (Å²) in [7, 11) is 0. The average Bonchev–Trinajstić information content (AvgIpc) is 3.33. The Bertz CT molecular complexity index is 875. The molecule has 0 bridgehead atoms. The van der Waals surface area contributed by atoms with Gasteiger partial charge >= 0.3 is 0 Å². The van der Waals surface area contributed by atoms with Gasteiger partial charge < -0.3 is 9.42 Å². The zero-order valence-electron chi connectivity index (χ0n) is 15.3. The number of fused-ring (bicyclic) bond motifs is 3. The van der Waals surface area contributed by atoms with Crippen LogP contribution in [0.5, 0.6) is 0 Å². The fourth-order valence-corrected chi connectivity index (χ4v) is 6.18. The van der Waals surface area contributed by atoms with E-state index in [-0.39, 0.29) is 5.41 Å². The van der Waals surface area contributed by atoms with Crippen LogP contribution in [0.1, 0.15) is 44.8 Å². The van der Waals surface area contributed by atoms with Crippen LogP contribution in [0, 0.1) is 5.41 Å². The van der Waals surface area contributed by atoms with E-state index in [0.717, 1.165) is 12.2 Å². The van der Waals surface area contributed by atoms with Crippen molar-refractivity contribution in [2.75, 3.05) is 13.1 Å². The van der Waals surface area contributed by atoms with Crippen LogP contribution in [0.2, 0.25) is 0 Å². The van der Waals surface area contributed by atoms with E-state index in [1.807, 2.05) is 6.07 Å². The van der Waals surface area contributed by atoms with Gasteiger partial charge in [-0.15, -0.1) is 0 Å². The second kappa shape index (κ2) is 5.23. The van der Waals surface area contributed by atoms with Crippen LogP contribution in [0.3, 0.4) is 0 Å². The molecule has 0 aromatic carbocycles. The third-order valence-corrected chi connectivity index (χ3v) is 7.30. The number of allylic oxidation sites excluding steroid dienone is 2. The maximum Gasteiger partial charge on any atom is 0.182 e. The number of hydrogen-bond acceptors (Lipinski definition) is 4. The molecule has 3 atom stereocenters. The van der Waals surface area contributed by atoms with Crippen molar-refractivity contribution < 1.29 is 4.52 Å². The summed E-state index contributed by atoms with van der Waals surface area (Å²) in [6, 6.07) is 2.99. The highest BCUT2D eigenvalue weighted by molar-refractivity contribution is 5.71. The Hall–Kier alpha value is -2.07. The maximum absolute atomic E-state index is 5.68. The first kappa shape index (κ1) is 15.0. The van der Waals surface area contributed by atoms with E-state index >= 15 is 0 Å². The van der Waals surface area contributed by atoms with Crippen molar-refractivity contribution in [1.82, 2.24) is 15.0 Å². The molecule has 26 heavy (non-hydrogen) atoms. The molecule has 0 radical (unpaired) electrons. The van der Waals surface area contributed by atoms with Crippen LogP contribution >= 0.6 is 0 Å². The first-order chi connectivity index (χ1) is 12.8. The van der Waals surface area contributed by atoms with Crippen LogP contribution in [-0.4, -0.2) is 40.1 Å². The minimum atomic E-state index is 0.222. The molecule has 0 N–H and O–H groups in total. The highest BCUT2D eigenvalue weighted by Crippen LogP contribution is 2.58. The van der Waals surface area contributed by atoms with Gasteiger partial charge in [0.05, 0.1) is 24.0 Å². The molecule has 0 amide bonds. The first-order valence-corrected chi connectivity index (χ1v) is 10.1. The van der Waals surface area contributed by atoms with Gasteiger partial charge in [-0.2, -0.15) is 0 Å². The highest BCUT2D eigenvalue weighted by atomic mass is 16.5. The van der Waals surface area contributed by atoms with Crippen LogP contribution in [0.15, 0.2) is 57.9 Å². The summed E-state index contributed by atoms with van der Waals surface area (Å²) in [5.74, 6) is 0.918. The van der Waals surface area contributed by atoms with Gasteiger partial charge in [0.15, 0.2) is 5.76 Å². The molecule has 4 heteroatoms. The summed E-state index contributed by atoms with van der Waals surface area (Å²) in [5, 5.41) is 4.02. The SMILES string of the molecule is CC[C@@]12C=C(c3ccno3)N3C4=C(CCN(CCC1)C42)C1=CC=CCC13. The molecule has 4 aliphatic heterocycles. The molecule has 134 valence electrons. The second-order valence-electron chi connectivity index (χ2n) is 8.32. The normalized spacial score (nSPS) is 35.2. The first-order valence-electron chi connectivity index (χ1n) is 10.1. The third-order valence-electron chi connectivity index (χ3n) is 7.30. The van der Waals surface area contributed by atoms with E-state index in [2.05, 4.69) is 46.2 Å². The van der Waals surface area contributed by atoms with Gasteiger partial charge in [-0.1, -0.05) is 30.3 Å². The van der Waals surface area contributed by atoms with Crippen LogP contribution in [-0.2, 0) is 0 Å². The highest BCUT2D eigenvalue weighted by Gasteiger charge is 2.56. The fourth-order valence-electron chi connectivity index (χ4n) is 6.18. The summed E-state index contributed by atoms with van der Waals surface area (Å²) in [4.78, 5) is 5.37. The molecular formula is C22H25N3O. The summed E-state index contributed by atoms with van der Waals surface area (Å²) in [5.41, 5.74) is 6.21. The number of hydrogen-bond donors (Lipinski definition) is 0. The summed E-state index contributed by atoms with van der Waals surface area (Å²) < 4.78 is 5.68. The number of nitrogens with zero attached hydrogens (tertiary/aromatic N) is 3. The third kappa shape index (κ3) is 1.76. The molecule has 1 aromatic rings. The van der Waals surface area contributed by atoms with Crippen molar-refractivity contribution in [3.05, 3.63) is 59.2 Å². The van der Waals surface area contributed by atoms with Crippen molar-refractivity contribution in [2.24, 2.45) is 5.41 Å². The van der Waals surface area contributed by atoms with Crippen molar-refractivity contribution in [3.8, 4) is 0 Å². The monoisotopic (exact) mass is 347 g/mol. The van der Waals surface area contributed by atoms with Gasteiger partial charge in [0.25, 0.3) is 0 Å². The number of aromatic nitrogens is 1. The number of rotatable bonds is 2.